The number of hydrogen-bond donors (Lipinski definition) is 1. The molecule has 2 rings (SSSR count). The summed E-state index contributed by atoms with van der Waals surface area (Å²) in [4.78, 5) is 11.4. The fourth-order valence-electron chi connectivity index (χ4n) is 1.24. The molecule has 0 radical (unpaired) electrons. The molecule has 2 nitrogen and oxygen atoms in total. The van der Waals surface area contributed by atoms with Crippen molar-refractivity contribution >= 4 is 17.5 Å². The van der Waals surface area contributed by atoms with Crippen molar-refractivity contribution in [2.75, 3.05) is 0 Å². The molecule has 1 N–H and O–H groups in total. The lowest BCUT2D eigenvalue weighted by atomic mass is 10.2. The molecule has 0 bridgehead atoms. The molecule has 0 heterocycles. The molecule has 0 saturated heterocycles. The van der Waals surface area contributed by atoms with Crippen LogP contribution in [0.25, 0.3) is 0 Å². The Balaban J connectivity index is 2.29. The van der Waals surface area contributed by atoms with E-state index in [1.54, 1.807) is 0 Å². The number of carbonyl (C=O) groups excluding carboxylic acids is 1. The highest BCUT2D eigenvalue weighted by Gasteiger charge is 2.26. The minimum atomic E-state index is -0.932. The summed E-state index contributed by atoms with van der Waals surface area (Å²) in [5.41, 5.74) is -0.564. The summed E-state index contributed by atoms with van der Waals surface area (Å²) >= 11 is 5.43. The average Bonchev–Trinajstić information content (AvgIpc) is 2.85. The summed E-state index contributed by atoms with van der Waals surface area (Å²) in [5.74, 6) is -2.58. The fraction of sp³-hybridized carbons (Fsp3) is 0.300. The zero-order valence-electron chi connectivity index (χ0n) is 7.69. The van der Waals surface area contributed by atoms with Crippen LogP contribution in [0.2, 0.25) is 5.02 Å². The molecule has 0 unspecified atom stereocenters. The van der Waals surface area contributed by atoms with Gasteiger partial charge in [0.2, 0.25) is 0 Å². The molecule has 0 spiro atoms. The van der Waals surface area contributed by atoms with Crippen molar-refractivity contribution in [2.45, 2.75) is 18.9 Å². The van der Waals surface area contributed by atoms with Crippen molar-refractivity contribution in [3.8, 4) is 0 Å². The van der Waals surface area contributed by atoms with Gasteiger partial charge in [-0.1, -0.05) is 11.6 Å². The molecule has 1 aliphatic rings. The van der Waals surface area contributed by atoms with Crippen molar-refractivity contribution in [1.82, 2.24) is 5.32 Å². The molecule has 5 heteroatoms. The Morgan fingerprint density at radius 3 is 2.33 bits per heavy atom. The van der Waals surface area contributed by atoms with Gasteiger partial charge in [0.05, 0.1) is 0 Å². The van der Waals surface area contributed by atoms with E-state index in [1.807, 2.05) is 0 Å². The Labute approximate surface area is 90.2 Å². The molecule has 1 fully saturated rings. The van der Waals surface area contributed by atoms with Gasteiger partial charge in [0.25, 0.3) is 5.91 Å². The Morgan fingerprint density at radius 1 is 1.33 bits per heavy atom. The van der Waals surface area contributed by atoms with E-state index >= 15 is 0 Å². The molecule has 1 aromatic carbocycles. The van der Waals surface area contributed by atoms with Crippen LogP contribution in [0.5, 0.6) is 0 Å². The average molecular weight is 232 g/mol. The van der Waals surface area contributed by atoms with Crippen LogP contribution in [0.3, 0.4) is 0 Å². The summed E-state index contributed by atoms with van der Waals surface area (Å²) in [5, 5.41) is 2.45. The van der Waals surface area contributed by atoms with Crippen LogP contribution in [0.4, 0.5) is 8.78 Å². The maximum atomic E-state index is 13.2. The van der Waals surface area contributed by atoms with E-state index in [0.29, 0.717) is 0 Å². The standard InChI is InChI=1S/C10H8ClF2NO/c11-5-3-7(12)9(8(13)4-5)10(15)14-6-1-2-6/h3-4,6H,1-2H2,(H,14,15). The van der Waals surface area contributed by atoms with E-state index < -0.39 is 23.1 Å². The summed E-state index contributed by atoms with van der Waals surface area (Å²) in [7, 11) is 0. The first-order valence-corrected chi connectivity index (χ1v) is 4.91. The number of halogens is 3. The van der Waals surface area contributed by atoms with Crippen LogP contribution >= 0.6 is 11.6 Å². The third kappa shape index (κ3) is 2.26. The first-order valence-electron chi connectivity index (χ1n) is 4.53. The Bertz CT molecular complexity index is 395. The van der Waals surface area contributed by atoms with Gasteiger partial charge in [-0.2, -0.15) is 0 Å². The van der Waals surface area contributed by atoms with Gasteiger partial charge in [-0.05, 0) is 25.0 Å². The van der Waals surface area contributed by atoms with E-state index in [2.05, 4.69) is 5.32 Å². The maximum absolute atomic E-state index is 13.2. The molecule has 1 amide bonds. The normalized spacial score (nSPS) is 15.1. The predicted molar refractivity (Wildman–Crippen MR) is 51.9 cm³/mol. The monoisotopic (exact) mass is 231 g/mol. The fourth-order valence-corrected chi connectivity index (χ4v) is 1.44. The largest absolute Gasteiger partial charge is 0.349 e. The molecular weight excluding hydrogens is 224 g/mol. The van der Waals surface area contributed by atoms with Crippen LogP contribution in [0.1, 0.15) is 23.2 Å². The van der Waals surface area contributed by atoms with Gasteiger partial charge in [-0.15, -0.1) is 0 Å². The number of rotatable bonds is 2. The number of benzene rings is 1. The first kappa shape index (κ1) is 10.4. The van der Waals surface area contributed by atoms with E-state index in [4.69, 9.17) is 11.6 Å². The van der Waals surface area contributed by atoms with Gasteiger partial charge < -0.3 is 5.32 Å². The molecule has 0 aromatic heterocycles. The van der Waals surface area contributed by atoms with Crippen molar-refractivity contribution in [1.29, 1.82) is 0 Å². The summed E-state index contributed by atoms with van der Waals surface area (Å²) in [6, 6.07) is 1.91. The van der Waals surface area contributed by atoms with Crippen molar-refractivity contribution in [2.24, 2.45) is 0 Å². The highest BCUT2D eigenvalue weighted by atomic mass is 35.5. The summed E-state index contributed by atoms with van der Waals surface area (Å²) < 4.78 is 26.5. The Hall–Kier alpha value is -1.16. The second-order valence-corrected chi connectivity index (χ2v) is 3.93. The van der Waals surface area contributed by atoms with E-state index in [9.17, 15) is 13.6 Å². The third-order valence-electron chi connectivity index (χ3n) is 2.15. The van der Waals surface area contributed by atoms with Crippen molar-refractivity contribution in [3.05, 3.63) is 34.4 Å². The zero-order valence-corrected chi connectivity index (χ0v) is 8.44. The molecular formula is C10H8ClF2NO. The van der Waals surface area contributed by atoms with E-state index in [0.717, 1.165) is 25.0 Å². The smallest absolute Gasteiger partial charge is 0.257 e. The molecule has 0 atom stereocenters. The van der Waals surface area contributed by atoms with Crippen LogP contribution in [-0.2, 0) is 0 Å². The quantitative estimate of drug-likeness (QED) is 0.833. The second kappa shape index (κ2) is 3.77. The van der Waals surface area contributed by atoms with Gasteiger partial charge in [-0.3, -0.25) is 4.79 Å². The van der Waals surface area contributed by atoms with Crippen LogP contribution in [0, 0.1) is 11.6 Å². The van der Waals surface area contributed by atoms with Gasteiger partial charge in [0, 0.05) is 11.1 Å². The summed E-state index contributed by atoms with van der Waals surface area (Å²) in [6.45, 7) is 0. The lowest BCUT2D eigenvalue weighted by Crippen LogP contribution is -2.27. The summed E-state index contributed by atoms with van der Waals surface area (Å²) in [6.07, 6.45) is 1.73. The number of carbonyl (C=O) groups is 1. The molecule has 1 aliphatic carbocycles. The van der Waals surface area contributed by atoms with Crippen molar-refractivity contribution in [3.63, 3.8) is 0 Å². The highest BCUT2D eigenvalue weighted by molar-refractivity contribution is 6.30. The molecule has 15 heavy (non-hydrogen) atoms. The van der Waals surface area contributed by atoms with Gasteiger partial charge in [0.15, 0.2) is 0 Å². The Morgan fingerprint density at radius 2 is 1.87 bits per heavy atom. The number of hydrogen-bond acceptors (Lipinski definition) is 1. The molecule has 1 saturated carbocycles. The van der Waals surface area contributed by atoms with Crippen LogP contribution in [-0.4, -0.2) is 11.9 Å². The molecule has 80 valence electrons. The van der Waals surface area contributed by atoms with Crippen LogP contribution in [0.15, 0.2) is 12.1 Å². The van der Waals surface area contributed by atoms with Gasteiger partial charge in [-0.25, -0.2) is 8.78 Å². The van der Waals surface area contributed by atoms with Gasteiger partial charge in [0.1, 0.15) is 17.2 Å². The second-order valence-electron chi connectivity index (χ2n) is 3.49. The van der Waals surface area contributed by atoms with Gasteiger partial charge >= 0.3 is 0 Å². The predicted octanol–water partition coefficient (Wildman–Crippen LogP) is 2.51. The van der Waals surface area contributed by atoms with E-state index in [-0.39, 0.29) is 11.1 Å². The van der Waals surface area contributed by atoms with E-state index in [1.165, 1.54) is 0 Å². The highest BCUT2D eigenvalue weighted by Crippen LogP contribution is 2.22. The van der Waals surface area contributed by atoms with Crippen LogP contribution < -0.4 is 5.32 Å². The first-order chi connectivity index (χ1) is 7.08. The number of nitrogens with one attached hydrogen (secondary N) is 1. The molecule has 1 aromatic rings. The lowest BCUT2D eigenvalue weighted by molar-refractivity contribution is 0.0942. The molecule has 0 aliphatic heterocycles. The zero-order chi connectivity index (χ0) is 11.0. The third-order valence-corrected chi connectivity index (χ3v) is 2.36. The minimum Gasteiger partial charge on any atom is -0.349 e. The van der Waals surface area contributed by atoms with Crippen molar-refractivity contribution < 1.29 is 13.6 Å². The Kier molecular flexibility index (Phi) is 2.61. The minimum absolute atomic E-state index is 0.0620. The maximum Gasteiger partial charge on any atom is 0.257 e. The topological polar surface area (TPSA) is 29.1 Å². The SMILES string of the molecule is O=C(NC1CC1)c1c(F)cc(Cl)cc1F. The number of amides is 1. The lowest BCUT2D eigenvalue weighted by Gasteiger charge is -2.05.